The van der Waals surface area contributed by atoms with Crippen LogP contribution < -0.4 is 14.8 Å². The molecule has 2 N–H and O–H groups in total. The van der Waals surface area contributed by atoms with Crippen molar-refractivity contribution in [2.24, 2.45) is 5.92 Å². The minimum absolute atomic E-state index is 0.0751. The number of hydrogen-bond acceptors (Lipinski definition) is 7. The Morgan fingerprint density at radius 1 is 1.15 bits per heavy atom. The molecular formula is C29H23F2NO7. The van der Waals surface area contributed by atoms with Gasteiger partial charge in [0.15, 0.2) is 17.3 Å². The molecule has 0 saturated heterocycles. The Morgan fingerprint density at radius 2 is 1.87 bits per heavy atom. The zero-order valence-corrected chi connectivity index (χ0v) is 21.4. The third-order valence-corrected chi connectivity index (χ3v) is 7.42. The summed E-state index contributed by atoms with van der Waals surface area (Å²) in [6.07, 6.45) is 1.03. The van der Waals surface area contributed by atoms with Gasteiger partial charge in [0.1, 0.15) is 51.6 Å². The number of ether oxygens (including phenoxy) is 2. The topological polar surface area (TPSA) is 119 Å². The average Bonchev–Trinajstić information content (AvgIpc) is 3.16. The van der Waals surface area contributed by atoms with Gasteiger partial charge in [-0.15, -0.1) is 0 Å². The Hall–Kier alpha value is -4.60. The van der Waals surface area contributed by atoms with Crippen molar-refractivity contribution >= 4 is 34.0 Å². The fraction of sp³-hybridized carbons (Fsp3) is 0.241. The number of nitrogens with one attached hydrogen (secondary N) is 1. The van der Waals surface area contributed by atoms with Crippen molar-refractivity contribution in [1.29, 1.82) is 0 Å². The molecule has 1 aliphatic heterocycles. The molecule has 3 aromatic rings. The number of phenols is 1. The smallest absolute Gasteiger partial charge is 0.259 e. The van der Waals surface area contributed by atoms with Gasteiger partial charge in [-0.25, -0.2) is 8.78 Å². The number of hydrogen-bond donors (Lipinski definition) is 2. The Balaban J connectivity index is 1.59. The predicted molar refractivity (Wildman–Crippen MR) is 135 cm³/mol. The quantitative estimate of drug-likeness (QED) is 0.475. The third kappa shape index (κ3) is 3.77. The molecule has 0 spiro atoms. The lowest BCUT2D eigenvalue weighted by molar-refractivity contribution is -0.140. The van der Waals surface area contributed by atoms with E-state index in [0.717, 1.165) is 25.1 Å². The Morgan fingerprint density at radius 3 is 2.54 bits per heavy atom. The van der Waals surface area contributed by atoms with E-state index in [1.165, 1.54) is 26.2 Å². The van der Waals surface area contributed by atoms with Crippen LogP contribution in [0.3, 0.4) is 0 Å². The average molecular weight is 535 g/mol. The number of rotatable bonds is 5. The molecule has 0 aromatic heterocycles. The molecule has 1 heterocycles. The van der Waals surface area contributed by atoms with Crippen LogP contribution in [0.15, 0.2) is 42.2 Å². The molecule has 2 aliphatic rings. The summed E-state index contributed by atoms with van der Waals surface area (Å²) in [5, 5.41) is 14.0. The van der Waals surface area contributed by atoms with Gasteiger partial charge in [-0.1, -0.05) is 12.1 Å². The van der Waals surface area contributed by atoms with E-state index >= 15 is 0 Å². The number of allylic oxidation sites excluding steroid dienone is 2. The van der Waals surface area contributed by atoms with Gasteiger partial charge < -0.3 is 19.9 Å². The summed E-state index contributed by atoms with van der Waals surface area (Å²) in [6.45, 7) is 4.14. The molecule has 200 valence electrons. The number of benzene rings is 3. The van der Waals surface area contributed by atoms with E-state index in [1.807, 2.05) is 0 Å². The highest BCUT2D eigenvalue weighted by Crippen LogP contribution is 2.56. The Labute approximate surface area is 221 Å². The summed E-state index contributed by atoms with van der Waals surface area (Å²) in [5.74, 6) is -6.83. The van der Waals surface area contributed by atoms with E-state index < -0.39 is 52.0 Å². The number of aryl methyl sites for hydroxylation is 1. The standard InChI is InChI=1S/C29H23F2NO7/c1-12-5-6-15-16(7-14(30)8-18(15)31)17(12)11-32-28(37)24-21(38-4)9-20(35)25-26(24)39-22-10-19(34)23(13(2)33)27(36)29(22,25)3/h5-10,23,35H,11H2,1-4H3,(H,32,37)/t23?,29-/m1/s1. The van der Waals surface area contributed by atoms with Gasteiger partial charge in [0.2, 0.25) is 0 Å². The van der Waals surface area contributed by atoms with Gasteiger partial charge in [-0.05, 0) is 43.4 Å². The van der Waals surface area contributed by atoms with Crippen LogP contribution in [-0.4, -0.2) is 35.5 Å². The SMILES string of the molecule is COc1cc(O)c2c(c1C(=O)NCc1c(C)ccc3c(F)cc(F)cc13)OC1=CC(=O)C(C(C)=O)C(=O)[C@]12C. The van der Waals surface area contributed by atoms with Crippen LogP contribution in [-0.2, 0) is 26.3 Å². The van der Waals surface area contributed by atoms with E-state index in [-0.39, 0.29) is 45.7 Å². The van der Waals surface area contributed by atoms with E-state index in [4.69, 9.17) is 9.47 Å². The molecule has 2 atom stereocenters. The van der Waals surface area contributed by atoms with Crippen molar-refractivity contribution in [2.75, 3.05) is 7.11 Å². The lowest BCUT2D eigenvalue weighted by Crippen LogP contribution is -2.47. The first-order valence-electron chi connectivity index (χ1n) is 12.0. The highest BCUT2D eigenvalue weighted by atomic mass is 19.1. The molecule has 10 heteroatoms. The third-order valence-electron chi connectivity index (χ3n) is 7.42. The maximum absolute atomic E-state index is 14.4. The predicted octanol–water partition coefficient (Wildman–Crippen LogP) is 3.96. The number of fused-ring (bicyclic) bond motifs is 4. The fourth-order valence-corrected chi connectivity index (χ4v) is 5.37. The van der Waals surface area contributed by atoms with Crippen LogP contribution in [0.25, 0.3) is 10.8 Å². The van der Waals surface area contributed by atoms with Gasteiger partial charge in [-0.3, -0.25) is 19.2 Å². The molecule has 0 saturated carbocycles. The van der Waals surface area contributed by atoms with E-state index in [2.05, 4.69) is 5.32 Å². The number of ketones is 3. The van der Waals surface area contributed by atoms with Crippen LogP contribution in [0.1, 0.15) is 40.9 Å². The molecule has 0 radical (unpaired) electrons. The first kappa shape index (κ1) is 26.0. The van der Waals surface area contributed by atoms with Gasteiger partial charge >= 0.3 is 0 Å². The van der Waals surface area contributed by atoms with Gasteiger partial charge in [0.25, 0.3) is 5.91 Å². The Kier molecular flexibility index (Phi) is 6.01. The van der Waals surface area contributed by atoms with Gasteiger partial charge in [-0.2, -0.15) is 0 Å². The lowest BCUT2D eigenvalue weighted by atomic mass is 9.67. The van der Waals surface area contributed by atoms with Crippen LogP contribution in [0.5, 0.6) is 17.2 Å². The number of Topliss-reactive ketones (excluding diaryl/α,β-unsaturated/α-hetero) is 2. The number of carbonyl (C=O) groups excluding carboxylic acids is 4. The summed E-state index contributed by atoms with van der Waals surface area (Å²) < 4.78 is 39.5. The maximum Gasteiger partial charge on any atom is 0.259 e. The summed E-state index contributed by atoms with van der Waals surface area (Å²) in [6, 6.07) is 6.28. The van der Waals surface area contributed by atoms with Crippen molar-refractivity contribution in [3.8, 4) is 17.2 Å². The van der Waals surface area contributed by atoms with Gasteiger partial charge in [0, 0.05) is 30.1 Å². The molecule has 1 aliphatic carbocycles. The molecule has 5 rings (SSSR count). The van der Waals surface area contributed by atoms with Crippen molar-refractivity contribution in [1.82, 2.24) is 5.32 Å². The minimum atomic E-state index is -1.70. The first-order valence-corrected chi connectivity index (χ1v) is 12.0. The second-order valence-electron chi connectivity index (χ2n) is 9.75. The molecule has 1 amide bonds. The molecule has 8 nitrogen and oxygen atoms in total. The number of halogens is 2. The number of methoxy groups -OCH3 is 1. The van der Waals surface area contributed by atoms with Crippen LogP contribution in [0, 0.1) is 24.5 Å². The maximum atomic E-state index is 14.4. The normalized spacial score (nSPS) is 19.7. The molecule has 39 heavy (non-hydrogen) atoms. The number of phenolic OH excluding ortho intramolecular Hbond substituents is 1. The highest BCUT2D eigenvalue weighted by molar-refractivity contribution is 6.27. The summed E-state index contributed by atoms with van der Waals surface area (Å²) in [7, 11) is 1.27. The van der Waals surface area contributed by atoms with E-state index in [0.29, 0.717) is 11.1 Å². The monoisotopic (exact) mass is 535 g/mol. The van der Waals surface area contributed by atoms with Crippen molar-refractivity contribution < 1.29 is 42.5 Å². The van der Waals surface area contributed by atoms with Crippen molar-refractivity contribution in [3.05, 3.63) is 76.1 Å². The van der Waals surface area contributed by atoms with E-state index in [1.54, 1.807) is 13.0 Å². The minimum Gasteiger partial charge on any atom is -0.507 e. The van der Waals surface area contributed by atoms with Crippen LogP contribution >= 0.6 is 0 Å². The summed E-state index contributed by atoms with van der Waals surface area (Å²) in [5.41, 5.74) is -0.796. The van der Waals surface area contributed by atoms with Gasteiger partial charge in [0.05, 0.1) is 12.7 Å². The lowest BCUT2D eigenvalue weighted by Gasteiger charge is -2.30. The molecule has 0 fully saturated rings. The fourth-order valence-electron chi connectivity index (χ4n) is 5.37. The molecule has 1 unspecified atom stereocenters. The van der Waals surface area contributed by atoms with Crippen molar-refractivity contribution in [3.63, 3.8) is 0 Å². The van der Waals surface area contributed by atoms with Crippen LogP contribution in [0.4, 0.5) is 8.78 Å². The zero-order valence-electron chi connectivity index (χ0n) is 21.4. The highest BCUT2D eigenvalue weighted by Gasteiger charge is 2.58. The van der Waals surface area contributed by atoms with E-state index in [9.17, 15) is 33.1 Å². The molecule has 3 aromatic carbocycles. The zero-order chi connectivity index (χ0) is 28.4. The largest absolute Gasteiger partial charge is 0.507 e. The first-order chi connectivity index (χ1) is 18.4. The molecule has 0 bridgehead atoms. The molecular weight excluding hydrogens is 512 g/mol. The number of carbonyl (C=O) groups is 4. The number of aromatic hydroxyl groups is 1. The summed E-state index contributed by atoms with van der Waals surface area (Å²) in [4.78, 5) is 51.6. The Bertz CT molecular complexity index is 1680. The van der Waals surface area contributed by atoms with Crippen LogP contribution in [0.2, 0.25) is 0 Å². The second-order valence-corrected chi connectivity index (χ2v) is 9.75. The number of amides is 1. The summed E-state index contributed by atoms with van der Waals surface area (Å²) >= 11 is 0. The second kappa shape index (κ2) is 9.00. The van der Waals surface area contributed by atoms with Crippen molar-refractivity contribution in [2.45, 2.75) is 32.7 Å².